The molecule has 2 saturated heterocycles. The molecule has 1 aliphatic carbocycles. The number of carbonyl (C=O) groups excluding carboxylic acids is 1. The molecule has 0 aromatic rings. The number of sulfonamides is 1. The van der Waals surface area contributed by atoms with Crippen molar-refractivity contribution in [3.63, 3.8) is 0 Å². The molecule has 0 aromatic carbocycles. The fourth-order valence-corrected chi connectivity index (χ4v) is 5.46. The Morgan fingerprint density at radius 2 is 1.75 bits per heavy atom. The summed E-state index contributed by atoms with van der Waals surface area (Å²) in [6.07, 6.45) is 8.43. The van der Waals surface area contributed by atoms with Crippen LogP contribution in [0.3, 0.4) is 0 Å². The van der Waals surface area contributed by atoms with Crippen molar-refractivity contribution in [3.8, 4) is 0 Å². The van der Waals surface area contributed by atoms with Gasteiger partial charge in [0.25, 0.3) is 0 Å². The van der Waals surface area contributed by atoms with E-state index in [-0.39, 0.29) is 12.0 Å². The van der Waals surface area contributed by atoms with Crippen molar-refractivity contribution >= 4 is 21.9 Å². The van der Waals surface area contributed by atoms with E-state index in [2.05, 4.69) is 15.6 Å². The quantitative estimate of drug-likeness (QED) is 0.509. The van der Waals surface area contributed by atoms with Crippen LogP contribution in [0.25, 0.3) is 0 Å². The number of amides is 1. The minimum Gasteiger partial charge on any atom is -0.356 e. The molecule has 2 aliphatic heterocycles. The maximum Gasteiger partial charge on any atom is 0.225 e. The van der Waals surface area contributed by atoms with Gasteiger partial charge in [0.15, 0.2) is 5.96 Å². The number of rotatable bonds is 5. The van der Waals surface area contributed by atoms with Crippen LogP contribution < -0.4 is 10.6 Å². The Hall–Kier alpha value is -1.35. The van der Waals surface area contributed by atoms with Gasteiger partial charge < -0.3 is 15.5 Å². The first-order valence-electron chi connectivity index (χ1n) is 10.6. The highest BCUT2D eigenvalue weighted by atomic mass is 32.2. The molecular formula is C19H35N5O3S. The smallest absolute Gasteiger partial charge is 0.225 e. The predicted molar refractivity (Wildman–Crippen MR) is 111 cm³/mol. The fraction of sp³-hybridized carbons (Fsp3) is 0.895. The van der Waals surface area contributed by atoms with Crippen LogP contribution in [-0.2, 0) is 14.8 Å². The van der Waals surface area contributed by atoms with Gasteiger partial charge in [0.1, 0.15) is 0 Å². The van der Waals surface area contributed by atoms with E-state index in [9.17, 15) is 13.2 Å². The van der Waals surface area contributed by atoms with Gasteiger partial charge >= 0.3 is 0 Å². The fourth-order valence-electron chi connectivity index (χ4n) is 4.58. The third kappa shape index (κ3) is 5.59. The van der Waals surface area contributed by atoms with Crippen LogP contribution in [0.15, 0.2) is 4.99 Å². The summed E-state index contributed by atoms with van der Waals surface area (Å²) in [6.45, 7) is 3.56. The minimum atomic E-state index is -3.07. The van der Waals surface area contributed by atoms with Crippen molar-refractivity contribution in [2.75, 3.05) is 46.0 Å². The maximum absolute atomic E-state index is 12.6. The van der Waals surface area contributed by atoms with E-state index >= 15 is 0 Å². The van der Waals surface area contributed by atoms with Crippen molar-refractivity contribution in [2.24, 2.45) is 16.8 Å². The third-order valence-corrected chi connectivity index (χ3v) is 7.67. The second-order valence-electron chi connectivity index (χ2n) is 8.45. The largest absolute Gasteiger partial charge is 0.356 e. The van der Waals surface area contributed by atoms with Crippen LogP contribution in [0, 0.1) is 11.8 Å². The Balaban J connectivity index is 1.39. The first kappa shape index (κ1) is 21.4. The number of nitrogens with zero attached hydrogens (tertiary/aromatic N) is 3. The van der Waals surface area contributed by atoms with Gasteiger partial charge in [0.05, 0.1) is 6.26 Å². The summed E-state index contributed by atoms with van der Waals surface area (Å²) in [5.74, 6) is 1.79. The SMILES string of the molecule is CN=C(NCC1CCN(S(C)(=O)=O)CC1)NC1CCN(C(=O)C2CCCC2)C1. The molecule has 3 aliphatic rings. The Bertz CT molecular complexity index is 667. The average molecular weight is 414 g/mol. The summed E-state index contributed by atoms with van der Waals surface area (Å²) in [4.78, 5) is 18.9. The van der Waals surface area contributed by atoms with Crippen LogP contribution in [0.1, 0.15) is 44.9 Å². The van der Waals surface area contributed by atoms with Crippen LogP contribution in [0.2, 0.25) is 0 Å². The second kappa shape index (κ2) is 9.43. The van der Waals surface area contributed by atoms with Gasteiger partial charge in [-0.1, -0.05) is 12.8 Å². The molecule has 2 heterocycles. The molecule has 0 aromatic heterocycles. The van der Waals surface area contributed by atoms with Crippen molar-refractivity contribution in [1.29, 1.82) is 0 Å². The van der Waals surface area contributed by atoms with E-state index in [0.29, 0.717) is 24.9 Å². The van der Waals surface area contributed by atoms with Gasteiger partial charge in [0, 0.05) is 51.7 Å². The molecule has 1 saturated carbocycles. The lowest BCUT2D eigenvalue weighted by molar-refractivity contribution is -0.134. The lowest BCUT2D eigenvalue weighted by atomic mass is 9.98. The van der Waals surface area contributed by atoms with Crippen molar-refractivity contribution in [2.45, 2.75) is 51.0 Å². The molecule has 8 nitrogen and oxygen atoms in total. The van der Waals surface area contributed by atoms with E-state index in [1.54, 1.807) is 11.4 Å². The van der Waals surface area contributed by atoms with Gasteiger partial charge in [-0.15, -0.1) is 0 Å². The van der Waals surface area contributed by atoms with E-state index in [0.717, 1.165) is 57.7 Å². The molecule has 0 spiro atoms. The number of hydrogen-bond donors (Lipinski definition) is 2. The van der Waals surface area contributed by atoms with Crippen molar-refractivity contribution in [3.05, 3.63) is 0 Å². The minimum absolute atomic E-state index is 0.239. The molecule has 160 valence electrons. The van der Waals surface area contributed by atoms with E-state index in [4.69, 9.17) is 0 Å². The number of carbonyl (C=O) groups is 1. The van der Waals surface area contributed by atoms with Crippen LogP contribution >= 0.6 is 0 Å². The van der Waals surface area contributed by atoms with E-state index in [1.165, 1.54) is 19.1 Å². The van der Waals surface area contributed by atoms with Gasteiger partial charge in [-0.2, -0.15) is 0 Å². The van der Waals surface area contributed by atoms with Crippen molar-refractivity contribution in [1.82, 2.24) is 19.8 Å². The maximum atomic E-state index is 12.6. The summed E-state index contributed by atoms with van der Waals surface area (Å²) in [6, 6.07) is 0.239. The molecule has 1 atom stereocenters. The molecule has 28 heavy (non-hydrogen) atoms. The lowest BCUT2D eigenvalue weighted by Gasteiger charge is -2.30. The third-order valence-electron chi connectivity index (χ3n) is 6.37. The highest BCUT2D eigenvalue weighted by Gasteiger charge is 2.32. The molecule has 0 radical (unpaired) electrons. The zero-order chi connectivity index (χ0) is 20.1. The Labute approximate surface area is 169 Å². The normalized spacial score (nSPS) is 26.0. The zero-order valence-corrected chi connectivity index (χ0v) is 18.0. The lowest BCUT2D eigenvalue weighted by Crippen LogP contribution is -2.47. The zero-order valence-electron chi connectivity index (χ0n) is 17.2. The molecule has 1 unspecified atom stereocenters. The number of guanidine groups is 1. The monoisotopic (exact) mass is 413 g/mol. The summed E-state index contributed by atoms with van der Waals surface area (Å²) < 4.78 is 24.8. The van der Waals surface area contributed by atoms with Gasteiger partial charge in [0.2, 0.25) is 15.9 Å². The van der Waals surface area contributed by atoms with Crippen LogP contribution in [0.5, 0.6) is 0 Å². The van der Waals surface area contributed by atoms with Crippen molar-refractivity contribution < 1.29 is 13.2 Å². The van der Waals surface area contributed by atoms with E-state index < -0.39 is 10.0 Å². The predicted octanol–water partition coefficient (Wildman–Crippen LogP) is 0.614. The molecule has 3 fully saturated rings. The first-order chi connectivity index (χ1) is 13.4. The second-order valence-corrected chi connectivity index (χ2v) is 10.4. The molecule has 3 rings (SSSR count). The van der Waals surface area contributed by atoms with E-state index in [1.807, 2.05) is 4.90 Å². The molecule has 1 amide bonds. The molecule has 2 N–H and O–H groups in total. The number of aliphatic imine (C=N–C) groups is 1. The molecular weight excluding hydrogens is 378 g/mol. The molecule has 9 heteroatoms. The summed E-state index contributed by atoms with van der Waals surface area (Å²) in [5, 5.41) is 6.84. The number of hydrogen-bond acceptors (Lipinski definition) is 4. The average Bonchev–Trinajstić information content (AvgIpc) is 3.36. The number of likely N-dealkylation sites (tertiary alicyclic amines) is 1. The van der Waals surface area contributed by atoms with Crippen LogP contribution in [-0.4, -0.2) is 81.6 Å². The summed E-state index contributed by atoms with van der Waals surface area (Å²) >= 11 is 0. The number of piperidine rings is 1. The van der Waals surface area contributed by atoms with Gasteiger partial charge in [-0.05, 0) is 38.0 Å². The first-order valence-corrected chi connectivity index (χ1v) is 12.4. The molecule has 0 bridgehead atoms. The Kier molecular flexibility index (Phi) is 7.20. The Morgan fingerprint density at radius 1 is 1.07 bits per heavy atom. The van der Waals surface area contributed by atoms with Gasteiger partial charge in [-0.25, -0.2) is 12.7 Å². The summed E-state index contributed by atoms with van der Waals surface area (Å²) in [7, 11) is -1.31. The standard InChI is InChI=1S/C19H35N5O3S/c1-20-19(21-13-15-7-11-24(12-8-15)28(2,26)27)22-17-9-10-23(14-17)18(25)16-5-3-4-6-16/h15-17H,3-14H2,1-2H3,(H2,20,21,22). The van der Waals surface area contributed by atoms with Crippen LogP contribution in [0.4, 0.5) is 0 Å². The highest BCUT2D eigenvalue weighted by molar-refractivity contribution is 7.88. The number of nitrogens with one attached hydrogen (secondary N) is 2. The summed E-state index contributed by atoms with van der Waals surface area (Å²) in [5.41, 5.74) is 0. The topological polar surface area (TPSA) is 94.1 Å². The Morgan fingerprint density at radius 3 is 2.36 bits per heavy atom. The van der Waals surface area contributed by atoms with Gasteiger partial charge in [-0.3, -0.25) is 9.79 Å². The highest BCUT2D eigenvalue weighted by Crippen LogP contribution is 2.27.